The largest absolute Gasteiger partial charge is 0.369 e. The zero-order valence-electron chi connectivity index (χ0n) is 12.3. The van der Waals surface area contributed by atoms with Crippen molar-refractivity contribution in [3.63, 3.8) is 0 Å². The predicted octanol–water partition coefficient (Wildman–Crippen LogP) is 0.560. The van der Waals surface area contributed by atoms with Crippen LogP contribution in [0, 0.1) is 0 Å². The summed E-state index contributed by atoms with van der Waals surface area (Å²) in [5.74, 6) is -0.328. The van der Waals surface area contributed by atoms with E-state index in [4.69, 9.17) is 5.73 Å². The van der Waals surface area contributed by atoms with Crippen molar-refractivity contribution in [3.8, 4) is 0 Å². The van der Waals surface area contributed by atoms with Crippen molar-refractivity contribution in [1.82, 2.24) is 15.1 Å². The van der Waals surface area contributed by atoms with Gasteiger partial charge < -0.3 is 16.0 Å². The van der Waals surface area contributed by atoms with E-state index in [1.165, 1.54) is 0 Å². The molecular formula is C15H22N4O2. The highest BCUT2D eigenvalue weighted by atomic mass is 16.2. The molecule has 2 rings (SSSR count). The maximum atomic E-state index is 12.2. The number of hydrogen-bond donors (Lipinski definition) is 2. The quantitative estimate of drug-likeness (QED) is 0.850. The SMILES string of the molecule is C[C@H](NC(=O)N1CCN(CC(N)=O)CC1)c1ccccc1. The summed E-state index contributed by atoms with van der Waals surface area (Å²) in [4.78, 5) is 26.8. The monoisotopic (exact) mass is 290 g/mol. The van der Waals surface area contributed by atoms with Crippen LogP contribution in [0.4, 0.5) is 4.79 Å². The molecule has 3 amide bonds. The zero-order chi connectivity index (χ0) is 15.2. The van der Waals surface area contributed by atoms with Gasteiger partial charge in [-0.2, -0.15) is 0 Å². The fourth-order valence-electron chi connectivity index (χ4n) is 2.43. The van der Waals surface area contributed by atoms with Gasteiger partial charge in [-0.05, 0) is 12.5 Å². The molecule has 1 atom stereocenters. The molecule has 1 saturated heterocycles. The van der Waals surface area contributed by atoms with Crippen LogP contribution in [0.2, 0.25) is 0 Å². The van der Waals surface area contributed by atoms with Crippen molar-refractivity contribution in [1.29, 1.82) is 0 Å². The molecule has 3 N–H and O–H groups in total. The molecule has 6 nitrogen and oxygen atoms in total. The van der Waals surface area contributed by atoms with Crippen LogP contribution in [0.5, 0.6) is 0 Å². The molecule has 1 fully saturated rings. The van der Waals surface area contributed by atoms with Crippen molar-refractivity contribution in [3.05, 3.63) is 35.9 Å². The summed E-state index contributed by atoms with van der Waals surface area (Å²) in [5.41, 5.74) is 6.26. The highest BCUT2D eigenvalue weighted by molar-refractivity contribution is 5.76. The first kappa shape index (κ1) is 15.3. The molecule has 0 unspecified atom stereocenters. The van der Waals surface area contributed by atoms with Crippen molar-refractivity contribution >= 4 is 11.9 Å². The fourth-order valence-corrected chi connectivity index (χ4v) is 2.43. The predicted molar refractivity (Wildman–Crippen MR) is 80.6 cm³/mol. The zero-order valence-corrected chi connectivity index (χ0v) is 12.3. The van der Waals surface area contributed by atoms with Gasteiger partial charge in [0, 0.05) is 26.2 Å². The highest BCUT2D eigenvalue weighted by Gasteiger charge is 2.22. The van der Waals surface area contributed by atoms with Gasteiger partial charge in [0.1, 0.15) is 0 Å². The minimum atomic E-state index is -0.328. The molecule has 0 aromatic heterocycles. The van der Waals surface area contributed by atoms with E-state index in [0.717, 1.165) is 5.56 Å². The van der Waals surface area contributed by atoms with Crippen LogP contribution in [0.3, 0.4) is 0 Å². The Morgan fingerprint density at radius 2 is 1.81 bits per heavy atom. The third-order valence-electron chi connectivity index (χ3n) is 3.68. The average Bonchev–Trinajstić information content (AvgIpc) is 2.48. The average molecular weight is 290 g/mol. The van der Waals surface area contributed by atoms with Gasteiger partial charge in [0.25, 0.3) is 0 Å². The second kappa shape index (κ2) is 7.08. The van der Waals surface area contributed by atoms with E-state index in [1.54, 1.807) is 4.90 Å². The van der Waals surface area contributed by atoms with E-state index in [-0.39, 0.29) is 24.5 Å². The molecule has 1 aliphatic rings. The standard InChI is InChI=1S/C15H22N4O2/c1-12(13-5-3-2-4-6-13)17-15(21)19-9-7-18(8-10-19)11-14(16)20/h2-6,12H,7-11H2,1H3,(H2,16,20)(H,17,21)/t12-/m0/s1. The number of carbonyl (C=O) groups excluding carboxylic acids is 2. The fraction of sp³-hybridized carbons (Fsp3) is 0.467. The maximum absolute atomic E-state index is 12.2. The molecule has 114 valence electrons. The molecule has 0 saturated carbocycles. The van der Waals surface area contributed by atoms with E-state index >= 15 is 0 Å². The van der Waals surface area contributed by atoms with Crippen LogP contribution in [-0.2, 0) is 4.79 Å². The van der Waals surface area contributed by atoms with Crippen LogP contribution in [0.15, 0.2) is 30.3 Å². The van der Waals surface area contributed by atoms with Gasteiger partial charge in [0.15, 0.2) is 0 Å². The number of primary amides is 1. The molecule has 1 aromatic rings. The number of nitrogens with one attached hydrogen (secondary N) is 1. The number of hydrogen-bond acceptors (Lipinski definition) is 3. The van der Waals surface area contributed by atoms with Gasteiger partial charge in [-0.1, -0.05) is 30.3 Å². The van der Waals surface area contributed by atoms with Gasteiger partial charge in [-0.3, -0.25) is 9.69 Å². The first-order chi connectivity index (χ1) is 10.1. The normalized spacial score (nSPS) is 17.3. The smallest absolute Gasteiger partial charge is 0.317 e. The second-order valence-electron chi connectivity index (χ2n) is 5.31. The lowest BCUT2D eigenvalue weighted by molar-refractivity contribution is -0.119. The van der Waals surface area contributed by atoms with Crippen molar-refractivity contribution in [2.24, 2.45) is 5.73 Å². The molecule has 1 aliphatic heterocycles. The molecule has 6 heteroatoms. The number of amides is 3. The number of nitrogens with zero attached hydrogens (tertiary/aromatic N) is 2. The minimum absolute atomic E-state index is 0.0256. The third-order valence-corrected chi connectivity index (χ3v) is 3.68. The second-order valence-corrected chi connectivity index (χ2v) is 5.31. The molecule has 1 aromatic carbocycles. The summed E-state index contributed by atoms with van der Waals surface area (Å²) in [5, 5.41) is 3.00. The van der Waals surface area contributed by atoms with Gasteiger partial charge >= 0.3 is 6.03 Å². The Balaban J connectivity index is 1.81. The Morgan fingerprint density at radius 1 is 1.19 bits per heavy atom. The lowest BCUT2D eigenvalue weighted by Crippen LogP contribution is -2.53. The van der Waals surface area contributed by atoms with Crippen molar-refractivity contribution in [2.75, 3.05) is 32.7 Å². The number of nitrogens with two attached hydrogens (primary N) is 1. The number of urea groups is 1. The van der Waals surface area contributed by atoms with E-state index in [1.807, 2.05) is 42.2 Å². The summed E-state index contributed by atoms with van der Waals surface area (Å²) in [7, 11) is 0. The summed E-state index contributed by atoms with van der Waals surface area (Å²) in [6, 6.07) is 9.77. The molecular weight excluding hydrogens is 268 g/mol. The van der Waals surface area contributed by atoms with E-state index in [0.29, 0.717) is 26.2 Å². The lowest BCUT2D eigenvalue weighted by Gasteiger charge is -2.34. The van der Waals surface area contributed by atoms with E-state index < -0.39 is 0 Å². The highest BCUT2D eigenvalue weighted by Crippen LogP contribution is 2.12. The minimum Gasteiger partial charge on any atom is -0.369 e. The van der Waals surface area contributed by atoms with E-state index in [2.05, 4.69) is 5.32 Å². The Bertz CT molecular complexity index is 484. The lowest BCUT2D eigenvalue weighted by atomic mass is 10.1. The van der Waals surface area contributed by atoms with Crippen molar-refractivity contribution < 1.29 is 9.59 Å². The topological polar surface area (TPSA) is 78.7 Å². The van der Waals surface area contributed by atoms with E-state index in [9.17, 15) is 9.59 Å². The van der Waals surface area contributed by atoms with Crippen molar-refractivity contribution in [2.45, 2.75) is 13.0 Å². The van der Waals surface area contributed by atoms with Gasteiger partial charge in [-0.25, -0.2) is 4.79 Å². The molecule has 0 aliphatic carbocycles. The first-order valence-electron chi connectivity index (χ1n) is 7.17. The number of carbonyl (C=O) groups is 2. The summed E-state index contributed by atoms with van der Waals surface area (Å²) >= 11 is 0. The van der Waals surface area contributed by atoms with Crippen LogP contribution in [-0.4, -0.2) is 54.5 Å². The Morgan fingerprint density at radius 3 is 2.38 bits per heavy atom. The Kier molecular flexibility index (Phi) is 5.16. The first-order valence-corrected chi connectivity index (χ1v) is 7.17. The Labute approximate surface area is 124 Å². The summed E-state index contributed by atoms with van der Waals surface area (Å²) < 4.78 is 0. The number of piperazine rings is 1. The van der Waals surface area contributed by atoms with Gasteiger partial charge in [-0.15, -0.1) is 0 Å². The molecule has 0 radical (unpaired) electrons. The van der Waals surface area contributed by atoms with Gasteiger partial charge in [0.2, 0.25) is 5.91 Å². The maximum Gasteiger partial charge on any atom is 0.317 e. The van der Waals surface area contributed by atoms with Crippen LogP contribution in [0.25, 0.3) is 0 Å². The summed E-state index contributed by atoms with van der Waals surface area (Å²) in [6.07, 6.45) is 0. The third kappa shape index (κ3) is 4.46. The molecule has 21 heavy (non-hydrogen) atoms. The van der Waals surface area contributed by atoms with Gasteiger partial charge in [0.05, 0.1) is 12.6 Å². The number of benzene rings is 1. The van der Waals surface area contributed by atoms with Crippen LogP contribution < -0.4 is 11.1 Å². The van der Waals surface area contributed by atoms with Crippen LogP contribution >= 0.6 is 0 Å². The number of rotatable bonds is 4. The molecule has 0 bridgehead atoms. The van der Waals surface area contributed by atoms with Crippen LogP contribution in [0.1, 0.15) is 18.5 Å². The summed E-state index contributed by atoms with van der Waals surface area (Å²) in [6.45, 7) is 4.81. The molecule has 1 heterocycles. The molecule has 0 spiro atoms. The Hall–Kier alpha value is -2.08.